The van der Waals surface area contributed by atoms with E-state index in [0.29, 0.717) is 6.04 Å². The van der Waals surface area contributed by atoms with Crippen LogP contribution >= 0.6 is 0 Å². The molecule has 0 aliphatic rings. The van der Waals surface area contributed by atoms with Crippen molar-refractivity contribution in [2.45, 2.75) is 52.0 Å². The molecule has 1 heterocycles. The Morgan fingerprint density at radius 3 is 2.89 bits per heavy atom. The lowest BCUT2D eigenvalue weighted by Crippen LogP contribution is -2.21. The summed E-state index contributed by atoms with van der Waals surface area (Å²) in [5.41, 5.74) is 2.47. The summed E-state index contributed by atoms with van der Waals surface area (Å²) in [7, 11) is 0. The van der Waals surface area contributed by atoms with Crippen molar-refractivity contribution in [3.63, 3.8) is 0 Å². The molecule has 1 aromatic heterocycles. The summed E-state index contributed by atoms with van der Waals surface area (Å²) in [4.78, 5) is 4.49. The Hall–Kier alpha value is -1.15. The predicted octanol–water partition coefficient (Wildman–Crippen LogP) is 4.18. The topological polar surface area (TPSA) is 24.9 Å². The SMILES string of the molecule is C=CCCCCCC(NCC)c1cc(C)ccn1. The Labute approximate surface area is 112 Å². The summed E-state index contributed by atoms with van der Waals surface area (Å²) >= 11 is 0. The van der Waals surface area contributed by atoms with Crippen molar-refractivity contribution in [2.24, 2.45) is 0 Å². The van der Waals surface area contributed by atoms with Gasteiger partial charge in [0.15, 0.2) is 0 Å². The van der Waals surface area contributed by atoms with E-state index in [0.717, 1.165) is 13.0 Å². The highest BCUT2D eigenvalue weighted by Gasteiger charge is 2.11. The molecule has 1 unspecified atom stereocenters. The molecule has 0 aromatic carbocycles. The third-order valence-electron chi connectivity index (χ3n) is 3.15. The van der Waals surface area contributed by atoms with E-state index in [9.17, 15) is 0 Å². The van der Waals surface area contributed by atoms with Crippen molar-refractivity contribution < 1.29 is 0 Å². The van der Waals surface area contributed by atoms with Crippen LogP contribution in [0, 0.1) is 6.92 Å². The number of nitrogens with one attached hydrogen (secondary N) is 1. The van der Waals surface area contributed by atoms with E-state index in [1.165, 1.54) is 36.9 Å². The van der Waals surface area contributed by atoms with Crippen LogP contribution in [0.25, 0.3) is 0 Å². The maximum atomic E-state index is 4.49. The average molecular weight is 246 g/mol. The Morgan fingerprint density at radius 1 is 1.39 bits per heavy atom. The second kappa shape index (κ2) is 8.87. The minimum Gasteiger partial charge on any atom is -0.309 e. The van der Waals surface area contributed by atoms with Crippen LogP contribution in [-0.4, -0.2) is 11.5 Å². The summed E-state index contributed by atoms with van der Waals surface area (Å²) in [6.07, 6.45) is 10.00. The number of unbranched alkanes of at least 4 members (excludes halogenated alkanes) is 3. The van der Waals surface area contributed by atoms with Gasteiger partial charge >= 0.3 is 0 Å². The lowest BCUT2D eigenvalue weighted by atomic mass is 10.0. The minimum absolute atomic E-state index is 0.402. The standard InChI is InChI=1S/C16H26N2/c1-4-6-7-8-9-10-15(17-5-2)16-13-14(3)11-12-18-16/h4,11-13,15,17H,1,5-10H2,2-3H3. The van der Waals surface area contributed by atoms with Crippen molar-refractivity contribution >= 4 is 0 Å². The molecule has 18 heavy (non-hydrogen) atoms. The van der Waals surface area contributed by atoms with Gasteiger partial charge in [0, 0.05) is 12.2 Å². The fourth-order valence-corrected chi connectivity index (χ4v) is 2.16. The first-order valence-corrected chi connectivity index (χ1v) is 7.04. The Balaban J connectivity index is 2.46. The third-order valence-corrected chi connectivity index (χ3v) is 3.15. The summed E-state index contributed by atoms with van der Waals surface area (Å²) in [6, 6.07) is 4.65. The first kappa shape index (κ1) is 14.9. The number of rotatable bonds is 9. The van der Waals surface area contributed by atoms with Gasteiger partial charge in [0.2, 0.25) is 0 Å². The molecule has 0 bridgehead atoms. The summed E-state index contributed by atoms with van der Waals surface area (Å²) in [5, 5.41) is 3.53. The molecule has 0 spiro atoms. The van der Waals surface area contributed by atoms with Gasteiger partial charge in [0.05, 0.1) is 5.69 Å². The average Bonchev–Trinajstić information content (AvgIpc) is 2.37. The fraction of sp³-hybridized carbons (Fsp3) is 0.562. The number of nitrogens with zero attached hydrogens (tertiary/aromatic N) is 1. The van der Waals surface area contributed by atoms with E-state index < -0.39 is 0 Å². The first-order valence-electron chi connectivity index (χ1n) is 7.04. The van der Waals surface area contributed by atoms with Crippen LogP contribution in [0.2, 0.25) is 0 Å². The quantitative estimate of drug-likeness (QED) is 0.522. The number of allylic oxidation sites excluding steroid dienone is 1. The summed E-state index contributed by atoms with van der Waals surface area (Å²) in [5.74, 6) is 0. The van der Waals surface area contributed by atoms with E-state index in [4.69, 9.17) is 0 Å². The van der Waals surface area contributed by atoms with E-state index in [1.54, 1.807) is 0 Å². The molecule has 0 amide bonds. The molecule has 0 saturated carbocycles. The van der Waals surface area contributed by atoms with Crippen molar-refractivity contribution in [1.82, 2.24) is 10.3 Å². The molecule has 0 aliphatic carbocycles. The molecule has 0 aliphatic heterocycles. The van der Waals surface area contributed by atoms with Crippen LogP contribution in [0.15, 0.2) is 31.0 Å². The maximum absolute atomic E-state index is 4.49. The largest absolute Gasteiger partial charge is 0.309 e. The van der Waals surface area contributed by atoms with E-state index in [-0.39, 0.29) is 0 Å². The highest BCUT2D eigenvalue weighted by atomic mass is 14.9. The van der Waals surface area contributed by atoms with Crippen molar-refractivity contribution in [3.8, 4) is 0 Å². The molecule has 0 fully saturated rings. The summed E-state index contributed by atoms with van der Waals surface area (Å²) in [6.45, 7) is 9.03. The van der Waals surface area contributed by atoms with Crippen LogP contribution in [-0.2, 0) is 0 Å². The summed E-state index contributed by atoms with van der Waals surface area (Å²) < 4.78 is 0. The molecule has 1 atom stereocenters. The van der Waals surface area contributed by atoms with Gasteiger partial charge in [-0.25, -0.2) is 0 Å². The molecule has 1 aromatic rings. The molecular weight excluding hydrogens is 220 g/mol. The molecular formula is C16H26N2. The third kappa shape index (κ3) is 5.46. The monoisotopic (exact) mass is 246 g/mol. The van der Waals surface area contributed by atoms with Crippen LogP contribution in [0.4, 0.5) is 0 Å². The van der Waals surface area contributed by atoms with Gasteiger partial charge in [-0.05, 0) is 50.4 Å². The lowest BCUT2D eigenvalue weighted by molar-refractivity contribution is 0.474. The smallest absolute Gasteiger partial charge is 0.0575 e. The highest BCUT2D eigenvalue weighted by molar-refractivity contribution is 5.17. The van der Waals surface area contributed by atoms with Crippen molar-refractivity contribution in [3.05, 3.63) is 42.2 Å². The number of aryl methyl sites for hydroxylation is 1. The van der Waals surface area contributed by atoms with Crippen LogP contribution in [0.5, 0.6) is 0 Å². The molecule has 1 rings (SSSR count). The normalized spacial score (nSPS) is 12.3. The second-order valence-electron chi connectivity index (χ2n) is 4.80. The Kier molecular flexibility index (Phi) is 7.35. The Bertz CT molecular complexity index is 347. The molecule has 1 N–H and O–H groups in total. The van der Waals surface area contributed by atoms with E-state index in [1.807, 2.05) is 12.3 Å². The van der Waals surface area contributed by atoms with Gasteiger partial charge in [0.1, 0.15) is 0 Å². The van der Waals surface area contributed by atoms with Gasteiger partial charge < -0.3 is 5.32 Å². The van der Waals surface area contributed by atoms with Gasteiger partial charge in [0.25, 0.3) is 0 Å². The van der Waals surface area contributed by atoms with Gasteiger partial charge in [-0.3, -0.25) is 4.98 Å². The molecule has 0 saturated heterocycles. The number of aromatic nitrogens is 1. The predicted molar refractivity (Wildman–Crippen MR) is 78.7 cm³/mol. The second-order valence-corrected chi connectivity index (χ2v) is 4.80. The highest BCUT2D eigenvalue weighted by Crippen LogP contribution is 2.19. The zero-order valence-corrected chi connectivity index (χ0v) is 11.8. The number of hydrogen-bond donors (Lipinski definition) is 1. The van der Waals surface area contributed by atoms with E-state index >= 15 is 0 Å². The van der Waals surface area contributed by atoms with Gasteiger partial charge in [-0.15, -0.1) is 6.58 Å². The number of hydrogen-bond acceptors (Lipinski definition) is 2. The fourth-order valence-electron chi connectivity index (χ4n) is 2.16. The maximum Gasteiger partial charge on any atom is 0.0575 e. The number of pyridine rings is 1. The van der Waals surface area contributed by atoms with Crippen LogP contribution in [0.1, 0.15) is 56.3 Å². The molecule has 0 radical (unpaired) electrons. The minimum atomic E-state index is 0.402. The van der Waals surface area contributed by atoms with Crippen molar-refractivity contribution in [2.75, 3.05) is 6.54 Å². The lowest BCUT2D eigenvalue weighted by Gasteiger charge is -2.17. The van der Waals surface area contributed by atoms with Gasteiger partial charge in [-0.1, -0.05) is 25.8 Å². The van der Waals surface area contributed by atoms with Crippen LogP contribution in [0.3, 0.4) is 0 Å². The zero-order valence-electron chi connectivity index (χ0n) is 11.8. The van der Waals surface area contributed by atoms with Crippen LogP contribution < -0.4 is 5.32 Å². The molecule has 2 nitrogen and oxygen atoms in total. The Morgan fingerprint density at radius 2 is 2.22 bits per heavy atom. The molecule has 2 heteroatoms. The van der Waals surface area contributed by atoms with Crippen molar-refractivity contribution in [1.29, 1.82) is 0 Å². The van der Waals surface area contributed by atoms with Gasteiger partial charge in [-0.2, -0.15) is 0 Å². The first-order chi connectivity index (χ1) is 8.77. The zero-order chi connectivity index (χ0) is 13.2. The molecule has 100 valence electrons. The van der Waals surface area contributed by atoms with E-state index in [2.05, 4.69) is 42.9 Å².